The van der Waals surface area contributed by atoms with Crippen LogP contribution in [0.5, 0.6) is 0 Å². The highest BCUT2D eigenvalue weighted by atomic mass is 16.5. The van der Waals surface area contributed by atoms with E-state index in [9.17, 15) is 5.11 Å². The summed E-state index contributed by atoms with van der Waals surface area (Å²) in [5.41, 5.74) is 1.68. The van der Waals surface area contributed by atoms with Gasteiger partial charge in [-0.3, -0.25) is 0 Å². The zero-order valence-electron chi connectivity index (χ0n) is 9.91. The smallest absolute Gasteiger partial charge is 0.0919 e. The first kappa shape index (κ1) is 11.6. The second-order valence-electron chi connectivity index (χ2n) is 4.55. The molecule has 1 saturated heterocycles. The van der Waals surface area contributed by atoms with Crippen LogP contribution in [0, 0.1) is 0 Å². The number of rotatable bonds is 2. The highest BCUT2D eigenvalue weighted by Gasteiger charge is 2.30. The molecule has 0 amide bonds. The monoisotopic (exact) mass is 220 g/mol. The molecule has 1 atom stereocenters. The fraction of sp³-hybridized carbons (Fsp3) is 0.571. The predicted molar refractivity (Wildman–Crippen MR) is 64.4 cm³/mol. The number of aryl methyl sites for hydroxylation is 1. The van der Waals surface area contributed by atoms with Crippen molar-refractivity contribution in [3.8, 4) is 0 Å². The number of benzene rings is 1. The molecule has 1 aliphatic rings. The van der Waals surface area contributed by atoms with Crippen LogP contribution < -0.4 is 0 Å². The van der Waals surface area contributed by atoms with Gasteiger partial charge in [-0.25, -0.2) is 0 Å². The molecule has 2 heteroatoms. The topological polar surface area (TPSA) is 29.5 Å². The molecule has 0 radical (unpaired) electrons. The summed E-state index contributed by atoms with van der Waals surface area (Å²) in [7, 11) is 0. The molecule has 0 saturated carbocycles. The molecule has 0 bridgehead atoms. The molecule has 0 aromatic heterocycles. The molecule has 2 rings (SSSR count). The zero-order valence-corrected chi connectivity index (χ0v) is 9.91. The Bertz CT molecular complexity index is 321. The lowest BCUT2D eigenvalue weighted by Crippen LogP contribution is -2.25. The Morgan fingerprint density at radius 2 is 1.94 bits per heavy atom. The van der Waals surface area contributed by atoms with Gasteiger partial charge in [0.2, 0.25) is 0 Å². The molecule has 88 valence electrons. The first-order chi connectivity index (χ1) is 7.74. The molecular formula is C14H20O2. The van der Waals surface area contributed by atoms with E-state index in [0.29, 0.717) is 13.0 Å². The standard InChI is InChI=1S/C14H20O2/c1-2-12-4-6-13(7-5-12)14(15)8-3-10-16-11-9-14/h4-7,15H,2-3,8-11H2,1H3. The van der Waals surface area contributed by atoms with E-state index in [-0.39, 0.29) is 0 Å². The first-order valence-corrected chi connectivity index (χ1v) is 6.14. The van der Waals surface area contributed by atoms with Gasteiger partial charge in [-0.2, -0.15) is 0 Å². The molecule has 0 aliphatic carbocycles. The second-order valence-corrected chi connectivity index (χ2v) is 4.55. The Balaban J connectivity index is 2.19. The van der Waals surface area contributed by atoms with Crippen LogP contribution in [-0.2, 0) is 16.8 Å². The molecule has 1 fully saturated rings. The maximum absolute atomic E-state index is 10.6. The van der Waals surface area contributed by atoms with E-state index in [1.54, 1.807) is 0 Å². The van der Waals surface area contributed by atoms with Crippen LogP contribution in [0.25, 0.3) is 0 Å². The quantitative estimate of drug-likeness (QED) is 0.830. The van der Waals surface area contributed by atoms with Gasteiger partial charge in [0.05, 0.1) is 5.60 Å². The third kappa shape index (κ3) is 2.45. The third-order valence-corrected chi connectivity index (χ3v) is 3.44. The number of hydrogen-bond acceptors (Lipinski definition) is 2. The van der Waals surface area contributed by atoms with Crippen molar-refractivity contribution in [2.75, 3.05) is 13.2 Å². The van der Waals surface area contributed by atoms with E-state index in [0.717, 1.165) is 31.4 Å². The zero-order chi connectivity index (χ0) is 11.4. The van der Waals surface area contributed by atoms with Crippen LogP contribution in [0.3, 0.4) is 0 Å². The van der Waals surface area contributed by atoms with Gasteiger partial charge in [0.15, 0.2) is 0 Å². The lowest BCUT2D eigenvalue weighted by molar-refractivity contribution is 0.0144. The summed E-state index contributed by atoms with van der Waals surface area (Å²) in [4.78, 5) is 0. The fourth-order valence-corrected chi connectivity index (χ4v) is 2.27. The lowest BCUT2D eigenvalue weighted by atomic mass is 9.86. The average molecular weight is 220 g/mol. The van der Waals surface area contributed by atoms with Gasteiger partial charge in [0.1, 0.15) is 0 Å². The summed E-state index contributed by atoms with van der Waals surface area (Å²) in [6, 6.07) is 8.34. The molecule has 1 aromatic rings. The van der Waals surface area contributed by atoms with Crippen LogP contribution in [0.4, 0.5) is 0 Å². The van der Waals surface area contributed by atoms with Crippen LogP contribution in [0.1, 0.15) is 37.3 Å². The maximum Gasteiger partial charge on any atom is 0.0919 e. The Morgan fingerprint density at radius 1 is 1.19 bits per heavy atom. The van der Waals surface area contributed by atoms with Crippen LogP contribution in [0.15, 0.2) is 24.3 Å². The van der Waals surface area contributed by atoms with Crippen molar-refractivity contribution in [2.45, 2.75) is 38.2 Å². The van der Waals surface area contributed by atoms with Crippen LogP contribution in [-0.4, -0.2) is 18.3 Å². The largest absolute Gasteiger partial charge is 0.385 e. The predicted octanol–water partition coefficient (Wildman–Crippen LogP) is 2.64. The van der Waals surface area contributed by atoms with E-state index in [4.69, 9.17) is 4.74 Å². The van der Waals surface area contributed by atoms with Crippen molar-refractivity contribution in [1.29, 1.82) is 0 Å². The van der Waals surface area contributed by atoms with E-state index < -0.39 is 5.60 Å². The fourth-order valence-electron chi connectivity index (χ4n) is 2.27. The van der Waals surface area contributed by atoms with Gasteiger partial charge in [-0.05, 0) is 30.4 Å². The van der Waals surface area contributed by atoms with Crippen LogP contribution >= 0.6 is 0 Å². The summed E-state index contributed by atoms with van der Waals surface area (Å²) in [5.74, 6) is 0. The molecule has 1 aliphatic heterocycles. The minimum atomic E-state index is -0.678. The Labute approximate surface area is 97.3 Å². The van der Waals surface area contributed by atoms with Gasteiger partial charge in [-0.1, -0.05) is 31.2 Å². The maximum atomic E-state index is 10.6. The Hall–Kier alpha value is -0.860. The van der Waals surface area contributed by atoms with E-state index in [1.807, 2.05) is 0 Å². The van der Waals surface area contributed by atoms with Gasteiger partial charge in [0.25, 0.3) is 0 Å². The third-order valence-electron chi connectivity index (χ3n) is 3.44. The highest BCUT2D eigenvalue weighted by molar-refractivity contribution is 5.27. The van der Waals surface area contributed by atoms with E-state index >= 15 is 0 Å². The number of aliphatic hydroxyl groups is 1. The van der Waals surface area contributed by atoms with Gasteiger partial charge in [-0.15, -0.1) is 0 Å². The number of ether oxygens (including phenoxy) is 1. The minimum Gasteiger partial charge on any atom is -0.385 e. The van der Waals surface area contributed by atoms with E-state index in [2.05, 4.69) is 31.2 Å². The summed E-state index contributed by atoms with van der Waals surface area (Å²) in [6.07, 6.45) is 3.49. The number of hydrogen-bond donors (Lipinski definition) is 1. The highest BCUT2D eigenvalue weighted by Crippen LogP contribution is 2.32. The van der Waals surface area contributed by atoms with Crippen molar-refractivity contribution < 1.29 is 9.84 Å². The Morgan fingerprint density at radius 3 is 2.62 bits per heavy atom. The van der Waals surface area contributed by atoms with Gasteiger partial charge >= 0.3 is 0 Å². The van der Waals surface area contributed by atoms with Crippen molar-refractivity contribution in [1.82, 2.24) is 0 Å². The SMILES string of the molecule is CCc1ccc(C2(O)CCCOCC2)cc1. The van der Waals surface area contributed by atoms with Gasteiger partial charge in [0, 0.05) is 19.6 Å². The minimum absolute atomic E-state index is 0.659. The summed E-state index contributed by atoms with van der Waals surface area (Å²) >= 11 is 0. The molecule has 1 aromatic carbocycles. The second kappa shape index (κ2) is 4.98. The van der Waals surface area contributed by atoms with Crippen molar-refractivity contribution in [2.24, 2.45) is 0 Å². The lowest BCUT2D eigenvalue weighted by Gasteiger charge is -2.26. The van der Waals surface area contributed by atoms with Crippen molar-refractivity contribution >= 4 is 0 Å². The molecule has 1 unspecified atom stereocenters. The molecule has 1 heterocycles. The first-order valence-electron chi connectivity index (χ1n) is 6.14. The molecular weight excluding hydrogens is 200 g/mol. The van der Waals surface area contributed by atoms with E-state index in [1.165, 1.54) is 5.56 Å². The summed E-state index contributed by atoms with van der Waals surface area (Å²) in [5, 5.41) is 10.6. The summed E-state index contributed by atoms with van der Waals surface area (Å²) in [6.45, 7) is 3.57. The van der Waals surface area contributed by atoms with Crippen molar-refractivity contribution in [3.63, 3.8) is 0 Å². The molecule has 1 N–H and O–H groups in total. The summed E-state index contributed by atoms with van der Waals surface area (Å²) < 4.78 is 5.40. The average Bonchev–Trinajstić information content (AvgIpc) is 2.55. The molecule has 0 spiro atoms. The Kier molecular flexibility index (Phi) is 3.62. The molecule has 2 nitrogen and oxygen atoms in total. The van der Waals surface area contributed by atoms with Crippen LogP contribution in [0.2, 0.25) is 0 Å². The normalized spacial score (nSPS) is 26.4. The van der Waals surface area contributed by atoms with Gasteiger partial charge < -0.3 is 9.84 Å². The molecule has 16 heavy (non-hydrogen) atoms. The van der Waals surface area contributed by atoms with Crippen molar-refractivity contribution in [3.05, 3.63) is 35.4 Å².